The Morgan fingerprint density at radius 3 is 1.57 bits per heavy atom. The van der Waals surface area contributed by atoms with Gasteiger partial charge in [-0.25, -0.2) is 0 Å². The number of hydrogen-bond acceptors (Lipinski definition) is 3. The molecule has 0 unspecified atom stereocenters. The topological polar surface area (TPSA) is 43.4 Å². The molecule has 0 atom stereocenters. The highest BCUT2D eigenvalue weighted by molar-refractivity contribution is 7.86. The molecule has 0 aromatic rings. The monoisotopic (exact) mass is 320 g/mol. The molecule has 0 spiro atoms. The minimum absolute atomic E-state index is 0.190. The van der Waals surface area contributed by atoms with Gasteiger partial charge in [-0.3, -0.25) is 4.18 Å². The summed E-state index contributed by atoms with van der Waals surface area (Å²) in [4.78, 5) is 0. The summed E-state index contributed by atoms with van der Waals surface area (Å²) in [5.74, 6) is 0.190. The molecule has 0 amide bonds. The second-order valence-electron chi connectivity index (χ2n) is 5.97. The Kier molecular flexibility index (Phi) is 14.8. The molecule has 0 fully saturated rings. The molecule has 0 aromatic heterocycles. The molecule has 0 aliphatic carbocycles. The summed E-state index contributed by atoms with van der Waals surface area (Å²) >= 11 is 0. The normalized spacial score (nSPS) is 11.9. The average molecular weight is 321 g/mol. The van der Waals surface area contributed by atoms with Crippen LogP contribution in [0.4, 0.5) is 0 Å². The maximum absolute atomic E-state index is 11.7. The molecule has 3 nitrogen and oxygen atoms in total. The Bertz CT molecular complexity index is 299. The second-order valence-corrected chi connectivity index (χ2v) is 7.73. The van der Waals surface area contributed by atoms with Gasteiger partial charge in [0.25, 0.3) is 10.1 Å². The highest BCUT2D eigenvalue weighted by atomic mass is 32.2. The minimum Gasteiger partial charge on any atom is -0.270 e. The Morgan fingerprint density at radius 1 is 0.619 bits per heavy atom. The van der Waals surface area contributed by atoms with Crippen LogP contribution in [0.2, 0.25) is 0 Å². The molecule has 0 rings (SSSR count). The van der Waals surface area contributed by atoms with Crippen LogP contribution < -0.4 is 0 Å². The van der Waals surface area contributed by atoms with Crippen molar-refractivity contribution >= 4 is 10.1 Å². The lowest BCUT2D eigenvalue weighted by Crippen LogP contribution is -2.11. The zero-order valence-electron chi connectivity index (χ0n) is 14.2. The molecule has 0 saturated carbocycles. The van der Waals surface area contributed by atoms with E-state index < -0.39 is 10.1 Å². The maximum atomic E-state index is 11.7. The van der Waals surface area contributed by atoms with Crippen LogP contribution in [0, 0.1) is 0 Å². The van der Waals surface area contributed by atoms with Gasteiger partial charge in [-0.1, -0.05) is 84.5 Å². The van der Waals surface area contributed by atoms with E-state index in [4.69, 9.17) is 4.18 Å². The number of hydrogen-bond donors (Lipinski definition) is 0. The van der Waals surface area contributed by atoms with Crippen molar-refractivity contribution in [3.63, 3.8) is 0 Å². The average Bonchev–Trinajstić information content (AvgIpc) is 2.45. The fourth-order valence-corrected chi connectivity index (χ4v) is 3.41. The van der Waals surface area contributed by atoms with Crippen molar-refractivity contribution in [1.82, 2.24) is 0 Å². The summed E-state index contributed by atoms with van der Waals surface area (Å²) in [6.07, 6.45) is 14.8. The molecule has 0 aromatic carbocycles. The van der Waals surface area contributed by atoms with E-state index in [-0.39, 0.29) is 5.75 Å². The van der Waals surface area contributed by atoms with E-state index in [1.807, 2.05) is 0 Å². The molecule has 4 heteroatoms. The van der Waals surface area contributed by atoms with Crippen LogP contribution in [0.25, 0.3) is 0 Å². The van der Waals surface area contributed by atoms with Crippen molar-refractivity contribution < 1.29 is 12.6 Å². The summed E-state index contributed by atoms with van der Waals surface area (Å²) in [7, 11) is -3.28. The van der Waals surface area contributed by atoms with Crippen molar-refractivity contribution in [3.8, 4) is 0 Å². The van der Waals surface area contributed by atoms with Gasteiger partial charge < -0.3 is 0 Å². The third-order valence-electron chi connectivity index (χ3n) is 3.76. The lowest BCUT2D eigenvalue weighted by Gasteiger charge is -2.06. The molecule has 0 radical (unpaired) electrons. The predicted octanol–water partition coefficient (Wildman–Crippen LogP) is 5.44. The van der Waals surface area contributed by atoms with Gasteiger partial charge in [0.15, 0.2) is 0 Å². The fraction of sp³-hybridized carbons (Fsp3) is 1.00. The minimum atomic E-state index is -3.28. The highest BCUT2D eigenvalue weighted by Gasteiger charge is 2.10. The highest BCUT2D eigenvalue weighted by Crippen LogP contribution is 2.09. The Hall–Kier alpha value is -0.0900. The van der Waals surface area contributed by atoms with Crippen molar-refractivity contribution in [2.45, 2.75) is 97.3 Å². The van der Waals surface area contributed by atoms with Gasteiger partial charge >= 0.3 is 0 Å². The van der Waals surface area contributed by atoms with Crippen molar-refractivity contribution in [3.05, 3.63) is 0 Å². The Labute approximate surface area is 133 Å². The van der Waals surface area contributed by atoms with Crippen LogP contribution in [-0.2, 0) is 14.3 Å². The van der Waals surface area contributed by atoms with E-state index >= 15 is 0 Å². The third kappa shape index (κ3) is 16.1. The van der Waals surface area contributed by atoms with Crippen LogP contribution in [0.15, 0.2) is 0 Å². The lowest BCUT2D eigenvalue weighted by atomic mass is 10.1. The van der Waals surface area contributed by atoms with Gasteiger partial charge in [0.2, 0.25) is 0 Å². The number of rotatable bonds is 16. The van der Waals surface area contributed by atoms with E-state index in [9.17, 15) is 8.42 Å². The van der Waals surface area contributed by atoms with Gasteiger partial charge in [0.1, 0.15) is 0 Å². The molecule has 21 heavy (non-hydrogen) atoms. The Balaban J connectivity index is 3.39. The van der Waals surface area contributed by atoms with Gasteiger partial charge in [-0.05, 0) is 12.8 Å². The predicted molar refractivity (Wildman–Crippen MR) is 91.1 cm³/mol. The number of unbranched alkanes of at least 4 members (excludes halogenated alkanes) is 11. The summed E-state index contributed by atoms with van der Waals surface area (Å²) < 4.78 is 28.4. The van der Waals surface area contributed by atoms with Crippen LogP contribution >= 0.6 is 0 Å². The second kappa shape index (κ2) is 14.8. The van der Waals surface area contributed by atoms with Crippen molar-refractivity contribution in [1.29, 1.82) is 0 Å². The van der Waals surface area contributed by atoms with Crippen LogP contribution in [-0.4, -0.2) is 20.8 Å². The van der Waals surface area contributed by atoms with E-state index in [1.165, 1.54) is 51.4 Å². The first-order valence-electron chi connectivity index (χ1n) is 8.99. The first kappa shape index (κ1) is 20.9. The molecular formula is C17H36O3S. The van der Waals surface area contributed by atoms with Crippen LogP contribution in [0.5, 0.6) is 0 Å². The van der Waals surface area contributed by atoms with Gasteiger partial charge in [0, 0.05) is 0 Å². The van der Waals surface area contributed by atoms with Gasteiger partial charge in [-0.15, -0.1) is 0 Å². The van der Waals surface area contributed by atoms with Crippen molar-refractivity contribution in [2.75, 3.05) is 12.4 Å². The molecular weight excluding hydrogens is 284 g/mol. The molecule has 0 saturated heterocycles. The molecule has 0 aliphatic heterocycles. The van der Waals surface area contributed by atoms with E-state index in [1.54, 1.807) is 0 Å². The van der Waals surface area contributed by atoms with E-state index in [0.717, 1.165) is 32.1 Å². The largest absolute Gasteiger partial charge is 0.270 e. The van der Waals surface area contributed by atoms with Gasteiger partial charge in [-0.2, -0.15) is 8.42 Å². The summed E-state index contributed by atoms with van der Waals surface area (Å²) in [6.45, 7) is 4.76. The van der Waals surface area contributed by atoms with Gasteiger partial charge in [0.05, 0.1) is 12.4 Å². The zero-order valence-corrected chi connectivity index (χ0v) is 15.1. The van der Waals surface area contributed by atoms with E-state index in [2.05, 4.69) is 13.8 Å². The zero-order chi connectivity index (χ0) is 15.8. The smallest absolute Gasteiger partial charge is 0.267 e. The molecule has 0 N–H and O–H groups in total. The molecule has 0 bridgehead atoms. The Morgan fingerprint density at radius 2 is 1.05 bits per heavy atom. The van der Waals surface area contributed by atoms with Crippen LogP contribution in [0.3, 0.4) is 0 Å². The quantitative estimate of drug-likeness (QED) is 0.281. The van der Waals surface area contributed by atoms with E-state index in [0.29, 0.717) is 6.61 Å². The van der Waals surface area contributed by atoms with Crippen LogP contribution in [0.1, 0.15) is 97.3 Å². The standard InChI is InChI=1S/C17H36O3S/c1-3-5-7-9-11-12-14-16-20-21(18,19)17-15-13-10-8-6-4-2/h3-17H2,1-2H3. The maximum Gasteiger partial charge on any atom is 0.267 e. The summed E-state index contributed by atoms with van der Waals surface area (Å²) in [5, 5.41) is 0. The molecule has 0 aliphatic rings. The fourth-order valence-electron chi connectivity index (χ4n) is 2.36. The summed E-state index contributed by atoms with van der Waals surface area (Å²) in [6, 6.07) is 0. The summed E-state index contributed by atoms with van der Waals surface area (Å²) in [5.41, 5.74) is 0. The van der Waals surface area contributed by atoms with Crippen molar-refractivity contribution in [2.24, 2.45) is 0 Å². The SMILES string of the molecule is CCCCCCCCCOS(=O)(=O)CCCCCCCC. The third-order valence-corrected chi connectivity index (χ3v) is 5.07. The molecule has 128 valence electrons. The first-order valence-corrected chi connectivity index (χ1v) is 10.6. The molecule has 0 heterocycles. The lowest BCUT2D eigenvalue weighted by molar-refractivity contribution is 0.305. The first-order chi connectivity index (χ1) is 10.1.